The molecule has 1 aliphatic carbocycles. The maximum Gasteiger partial charge on any atom is 0.449 e. The molecule has 12 nitrogen and oxygen atoms in total. The molecule has 18 heteroatoms. The Kier molecular flexibility index (Phi) is 11.7. The maximum atomic E-state index is 14.6. The first-order valence-electron chi connectivity index (χ1n) is 18.5. The van der Waals surface area contributed by atoms with E-state index in [0.29, 0.717) is 38.5 Å². The molecule has 0 amide bonds. The Morgan fingerprint density at radius 3 is 1.98 bits per heavy atom. The third kappa shape index (κ3) is 8.53. The van der Waals surface area contributed by atoms with Gasteiger partial charge in [0.15, 0.2) is 6.10 Å². The number of hydrogen-bond acceptors (Lipinski definition) is 12. The average molecular weight is 787 g/mol. The Morgan fingerprint density at radius 1 is 0.759 bits per heavy atom. The number of allylic oxidation sites excluding steroid dienone is 2. The summed E-state index contributed by atoms with van der Waals surface area (Å²) in [5.41, 5.74) is -0.700. The molecule has 0 aromatic carbocycles. The predicted octanol–water partition coefficient (Wildman–Crippen LogP) is 7.63. The number of rotatable bonds is 7. The van der Waals surface area contributed by atoms with Crippen molar-refractivity contribution in [3.63, 3.8) is 0 Å². The summed E-state index contributed by atoms with van der Waals surface area (Å²) in [5, 5.41) is 9.48. The quantitative estimate of drug-likeness (QED) is 0.0894. The van der Waals surface area contributed by atoms with Crippen molar-refractivity contribution in [2.24, 2.45) is 41.4 Å². The van der Waals surface area contributed by atoms with Crippen molar-refractivity contribution in [1.82, 2.24) is 0 Å². The minimum absolute atomic E-state index is 0.0108. The number of halogens is 6. The molecule has 0 radical (unpaired) electrons. The van der Waals surface area contributed by atoms with Crippen LogP contribution < -0.4 is 0 Å². The van der Waals surface area contributed by atoms with Gasteiger partial charge in [-0.25, -0.2) is 19.9 Å². The second-order valence-electron chi connectivity index (χ2n) is 16.0. The molecule has 0 aromatic rings. The number of carbonyl (C=O) groups excluding carboxylic acids is 2. The van der Waals surface area contributed by atoms with Crippen molar-refractivity contribution in [1.29, 1.82) is 0 Å². The van der Waals surface area contributed by atoms with E-state index < -0.39 is 103 Å². The summed E-state index contributed by atoms with van der Waals surface area (Å²) in [6, 6.07) is 0. The van der Waals surface area contributed by atoms with E-state index in [9.17, 15) is 41.2 Å². The van der Waals surface area contributed by atoms with Gasteiger partial charge in [-0.3, -0.25) is 9.59 Å². The summed E-state index contributed by atoms with van der Waals surface area (Å²) in [7, 11) is 0. The molecule has 54 heavy (non-hydrogen) atoms. The molecule has 7 rings (SSSR count). The fourth-order valence-electron chi connectivity index (χ4n) is 9.08. The minimum Gasteiger partial charge on any atom is -0.461 e. The van der Waals surface area contributed by atoms with Gasteiger partial charge in [0.2, 0.25) is 35.7 Å². The number of carbonyl (C=O) groups is 2. The van der Waals surface area contributed by atoms with Gasteiger partial charge in [-0.2, -0.15) is 26.3 Å². The van der Waals surface area contributed by atoms with E-state index in [1.807, 2.05) is 13.8 Å². The molecule has 4 unspecified atom stereocenters. The van der Waals surface area contributed by atoms with Gasteiger partial charge in [-0.05, 0) is 87.9 Å². The van der Waals surface area contributed by atoms with Crippen LogP contribution >= 0.6 is 0 Å². The van der Waals surface area contributed by atoms with E-state index in [1.54, 1.807) is 13.8 Å². The Balaban J connectivity index is 1.16. The van der Waals surface area contributed by atoms with Crippen LogP contribution in [0.1, 0.15) is 92.4 Å². The van der Waals surface area contributed by atoms with Gasteiger partial charge >= 0.3 is 24.3 Å². The van der Waals surface area contributed by atoms with E-state index in [-0.39, 0.29) is 47.7 Å². The van der Waals surface area contributed by atoms with Crippen LogP contribution in [0.2, 0.25) is 0 Å². The Labute approximate surface area is 308 Å². The van der Waals surface area contributed by atoms with Gasteiger partial charge in [0.25, 0.3) is 0 Å². The summed E-state index contributed by atoms with van der Waals surface area (Å²) >= 11 is 0. The summed E-state index contributed by atoms with van der Waals surface area (Å²) in [6.07, 6.45) is -11.7. The zero-order valence-electron chi connectivity index (χ0n) is 30.8. The zero-order chi connectivity index (χ0) is 39.4. The van der Waals surface area contributed by atoms with Gasteiger partial charge in [0, 0.05) is 29.9 Å². The molecule has 7 aliphatic rings. The molecule has 6 aliphatic heterocycles. The van der Waals surface area contributed by atoms with Crippen molar-refractivity contribution in [3.8, 4) is 0 Å². The number of esters is 2. The van der Waals surface area contributed by atoms with E-state index >= 15 is 0 Å². The third-order valence-corrected chi connectivity index (χ3v) is 12.2. The van der Waals surface area contributed by atoms with Crippen LogP contribution in [-0.4, -0.2) is 73.0 Å². The van der Waals surface area contributed by atoms with Gasteiger partial charge in [0.1, 0.15) is 19.6 Å². The van der Waals surface area contributed by atoms with E-state index in [1.165, 1.54) is 6.92 Å². The lowest BCUT2D eigenvalue weighted by molar-refractivity contribution is -0.518. The summed E-state index contributed by atoms with van der Waals surface area (Å²) in [6.45, 7) is 6.70. The Morgan fingerprint density at radius 2 is 1.33 bits per heavy atom. The molecule has 6 heterocycles. The molecule has 1 N–H and O–H groups in total. The fraction of sp³-hybridized carbons (Fsp3) is 0.833. The molecule has 5 fully saturated rings. The van der Waals surface area contributed by atoms with Crippen LogP contribution in [0.25, 0.3) is 0 Å². The first-order chi connectivity index (χ1) is 25.2. The molecule has 4 saturated heterocycles. The number of alkyl halides is 6. The Hall–Kier alpha value is -2.64. The van der Waals surface area contributed by atoms with Crippen LogP contribution in [0.3, 0.4) is 0 Å². The molecule has 12 atom stereocenters. The standard InChI is InChI=1S/C36H48F6O12/c1-17-8-9-22-24(30(36(40,41)42)48-31-27(22)20(17)10-12-33(4,50-31)53-45)16-47-26(44)14-25(43)46-15-23-19(3)7-6-18(2)21-11-13-34(5)51-32(28(21)52-54-34)49-29(23)35(37,38)39/h17-22,27-28,31-32,45H,6-16H2,1-5H3/b29-23-/t17-,18-,19+,20?,21?,22+,27?,28+,31-,32-,33?,34+/m1/s1. The molecule has 1 saturated carbocycles. The maximum absolute atomic E-state index is 14.6. The molecular weight excluding hydrogens is 738 g/mol. The van der Waals surface area contributed by atoms with Crippen LogP contribution in [0, 0.1) is 41.4 Å². The third-order valence-electron chi connectivity index (χ3n) is 12.2. The SMILES string of the molecule is C[C@@H]1CC[C@H]2C(COC(=O)CC(=O)OC/C3=C(\C(F)(F)F)O[C@@H]4O[C@]5(C)CCC([C@H](C)CC[C@@H]3C)[C@@H]4OO5)=C(C(F)(F)F)O[C@@H]3OC(C)(OO)CCC1C32. The van der Waals surface area contributed by atoms with Gasteiger partial charge in [-0.15, -0.1) is 0 Å². The van der Waals surface area contributed by atoms with Gasteiger partial charge < -0.3 is 28.4 Å². The molecule has 4 bridgehead atoms. The highest BCUT2D eigenvalue weighted by Gasteiger charge is 2.57. The van der Waals surface area contributed by atoms with Crippen molar-refractivity contribution in [3.05, 3.63) is 22.7 Å². The summed E-state index contributed by atoms with van der Waals surface area (Å²) in [4.78, 5) is 41.1. The Bertz CT molecular complexity index is 1480. The van der Waals surface area contributed by atoms with E-state index in [2.05, 4.69) is 4.89 Å². The minimum atomic E-state index is -5.03. The van der Waals surface area contributed by atoms with Crippen molar-refractivity contribution in [2.75, 3.05) is 13.2 Å². The van der Waals surface area contributed by atoms with Crippen LogP contribution in [-0.2, 0) is 52.7 Å². The predicted molar refractivity (Wildman–Crippen MR) is 169 cm³/mol. The van der Waals surface area contributed by atoms with E-state index in [4.69, 9.17) is 38.2 Å². The zero-order valence-corrected chi connectivity index (χ0v) is 30.8. The molecule has 306 valence electrons. The lowest BCUT2D eigenvalue weighted by atomic mass is 9.62. The van der Waals surface area contributed by atoms with Gasteiger partial charge in [0.05, 0.1) is 0 Å². The second kappa shape index (κ2) is 15.4. The lowest BCUT2D eigenvalue weighted by Gasteiger charge is -2.48. The normalized spacial score (nSPS) is 41.4. The number of hydrogen-bond donors (Lipinski definition) is 1. The highest BCUT2D eigenvalue weighted by Crippen LogP contribution is 2.55. The second-order valence-corrected chi connectivity index (χ2v) is 16.0. The van der Waals surface area contributed by atoms with Gasteiger partial charge in [-0.1, -0.05) is 20.8 Å². The van der Waals surface area contributed by atoms with Crippen molar-refractivity contribution in [2.45, 2.75) is 135 Å². The molecular formula is C36H48F6O12. The number of fused-ring (bicyclic) bond motifs is 2. The number of ether oxygens (including phenoxy) is 6. The summed E-state index contributed by atoms with van der Waals surface area (Å²) < 4.78 is 120. The van der Waals surface area contributed by atoms with Crippen molar-refractivity contribution >= 4 is 11.9 Å². The van der Waals surface area contributed by atoms with Crippen molar-refractivity contribution < 1.29 is 84.3 Å². The highest BCUT2D eigenvalue weighted by atomic mass is 19.4. The molecule has 0 aromatic heterocycles. The van der Waals surface area contributed by atoms with Crippen LogP contribution in [0.5, 0.6) is 0 Å². The van der Waals surface area contributed by atoms with Crippen LogP contribution in [0.4, 0.5) is 26.3 Å². The van der Waals surface area contributed by atoms with Crippen LogP contribution in [0.15, 0.2) is 22.7 Å². The smallest absolute Gasteiger partial charge is 0.449 e. The summed E-state index contributed by atoms with van der Waals surface area (Å²) in [5.74, 6) is -10.7. The average Bonchev–Trinajstić information content (AvgIpc) is 3.42. The topological polar surface area (TPSA) is 137 Å². The fourth-order valence-corrected chi connectivity index (χ4v) is 9.08. The highest BCUT2D eigenvalue weighted by molar-refractivity contribution is 5.91. The lowest BCUT2D eigenvalue weighted by Crippen LogP contribution is -2.50. The first-order valence-corrected chi connectivity index (χ1v) is 18.5. The first kappa shape index (κ1) is 41.0. The monoisotopic (exact) mass is 786 g/mol. The molecule has 0 spiro atoms. The van der Waals surface area contributed by atoms with E-state index in [0.717, 1.165) is 0 Å². The largest absolute Gasteiger partial charge is 0.461 e.